The molecule has 0 amide bonds. The molecular formula is C15H25NO2. The van der Waals surface area contributed by atoms with Crippen LogP contribution in [0.3, 0.4) is 0 Å². The van der Waals surface area contributed by atoms with Gasteiger partial charge in [0, 0.05) is 6.54 Å². The van der Waals surface area contributed by atoms with E-state index in [9.17, 15) is 10.2 Å². The van der Waals surface area contributed by atoms with Gasteiger partial charge in [-0.15, -0.1) is 0 Å². The zero-order chi connectivity index (χ0) is 13.5. The van der Waals surface area contributed by atoms with Crippen LogP contribution in [0.2, 0.25) is 0 Å². The highest BCUT2D eigenvalue weighted by molar-refractivity contribution is 5.26. The average Bonchev–Trinajstić information content (AvgIpc) is 2.31. The maximum Gasteiger partial charge on any atom is 0.115 e. The normalized spacial score (nSPS) is 14.7. The van der Waals surface area contributed by atoms with Crippen LogP contribution in [0.4, 0.5) is 0 Å². The standard InChI is InChI=1S/C15H25NO2/c1-11(2)9-16-10-15(18)12(3)8-13-4-6-14(17)7-5-13/h4-7,11-12,15-18H,8-10H2,1-3H3/t12?,15-/m1/s1. The Morgan fingerprint density at radius 1 is 1.06 bits per heavy atom. The Morgan fingerprint density at radius 2 is 1.67 bits per heavy atom. The highest BCUT2D eigenvalue weighted by atomic mass is 16.3. The Morgan fingerprint density at radius 3 is 2.22 bits per heavy atom. The molecule has 0 aliphatic carbocycles. The molecule has 2 atom stereocenters. The molecule has 0 heterocycles. The molecule has 1 rings (SSSR count). The minimum absolute atomic E-state index is 0.203. The van der Waals surface area contributed by atoms with E-state index >= 15 is 0 Å². The SMILES string of the molecule is CC(C)CNC[C@@H](O)C(C)Cc1ccc(O)cc1. The van der Waals surface area contributed by atoms with Gasteiger partial charge in [0.15, 0.2) is 0 Å². The second-order valence-electron chi connectivity index (χ2n) is 5.47. The third kappa shape index (κ3) is 5.52. The highest BCUT2D eigenvalue weighted by Crippen LogP contribution is 2.15. The fraction of sp³-hybridized carbons (Fsp3) is 0.600. The van der Waals surface area contributed by atoms with Gasteiger partial charge in [0.1, 0.15) is 5.75 Å². The van der Waals surface area contributed by atoms with Crippen LogP contribution in [-0.2, 0) is 6.42 Å². The lowest BCUT2D eigenvalue weighted by Crippen LogP contribution is -2.34. The zero-order valence-electron chi connectivity index (χ0n) is 11.6. The molecule has 0 saturated heterocycles. The Labute approximate surface area is 110 Å². The number of phenolic OH excluding ortho intramolecular Hbond substituents is 1. The van der Waals surface area contributed by atoms with Gasteiger partial charge in [-0.1, -0.05) is 32.9 Å². The molecule has 0 spiro atoms. The van der Waals surface area contributed by atoms with Gasteiger partial charge in [-0.05, 0) is 42.5 Å². The fourth-order valence-corrected chi connectivity index (χ4v) is 1.86. The third-order valence-corrected chi connectivity index (χ3v) is 3.06. The second kappa shape index (κ2) is 7.39. The Bertz CT molecular complexity index is 335. The van der Waals surface area contributed by atoms with Gasteiger partial charge in [0.25, 0.3) is 0 Å². The number of hydrogen-bond acceptors (Lipinski definition) is 3. The van der Waals surface area contributed by atoms with Gasteiger partial charge in [0.05, 0.1) is 6.10 Å². The van der Waals surface area contributed by atoms with Crippen LogP contribution in [0, 0.1) is 11.8 Å². The largest absolute Gasteiger partial charge is 0.508 e. The van der Waals surface area contributed by atoms with Crippen molar-refractivity contribution in [3.8, 4) is 5.75 Å². The van der Waals surface area contributed by atoms with Crippen LogP contribution in [0.5, 0.6) is 5.75 Å². The van der Waals surface area contributed by atoms with E-state index in [1.807, 2.05) is 12.1 Å². The number of aliphatic hydroxyl groups excluding tert-OH is 1. The number of hydrogen-bond donors (Lipinski definition) is 3. The van der Waals surface area contributed by atoms with E-state index in [-0.39, 0.29) is 17.8 Å². The number of nitrogens with one attached hydrogen (secondary N) is 1. The molecule has 0 aliphatic heterocycles. The first-order valence-electron chi connectivity index (χ1n) is 6.65. The van der Waals surface area contributed by atoms with E-state index in [0.717, 1.165) is 18.5 Å². The van der Waals surface area contributed by atoms with E-state index in [4.69, 9.17) is 0 Å². The number of rotatable bonds is 7. The van der Waals surface area contributed by atoms with Crippen molar-refractivity contribution in [2.24, 2.45) is 11.8 Å². The van der Waals surface area contributed by atoms with Gasteiger partial charge >= 0.3 is 0 Å². The van der Waals surface area contributed by atoms with Crippen molar-refractivity contribution in [1.82, 2.24) is 5.32 Å². The summed E-state index contributed by atoms with van der Waals surface area (Å²) in [5, 5.41) is 22.5. The molecule has 0 aliphatic rings. The molecule has 0 radical (unpaired) electrons. The minimum atomic E-state index is -0.336. The summed E-state index contributed by atoms with van der Waals surface area (Å²) >= 11 is 0. The summed E-state index contributed by atoms with van der Waals surface area (Å²) < 4.78 is 0. The number of aliphatic hydroxyl groups is 1. The molecule has 1 unspecified atom stereocenters. The smallest absolute Gasteiger partial charge is 0.115 e. The second-order valence-corrected chi connectivity index (χ2v) is 5.47. The van der Waals surface area contributed by atoms with Crippen molar-refractivity contribution in [2.45, 2.75) is 33.3 Å². The van der Waals surface area contributed by atoms with E-state index in [0.29, 0.717) is 12.5 Å². The summed E-state index contributed by atoms with van der Waals surface area (Å²) in [6, 6.07) is 7.18. The van der Waals surface area contributed by atoms with Gasteiger partial charge in [0.2, 0.25) is 0 Å². The molecule has 0 aromatic heterocycles. The zero-order valence-corrected chi connectivity index (χ0v) is 11.6. The van der Waals surface area contributed by atoms with Crippen LogP contribution < -0.4 is 5.32 Å². The maximum atomic E-state index is 10.0. The van der Waals surface area contributed by atoms with Crippen LogP contribution in [0.1, 0.15) is 26.3 Å². The topological polar surface area (TPSA) is 52.5 Å². The summed E-state index contributed by atoms with van der Waals surface area (Å²) in [5.41, 5.74) is 1.14. The van der Waals surface area contributed by atoms with Crippen molar-refractivity contribution in [1.29, 1.82) is 0 Å². The fourth-order valence-electron chi connectivity index (χ4n) is 1.86. The minimum Gasteiger partial charge on any atom is -0.508 e. The van der Waals surface area contributed by atoms with Gasteiger partial charge in [-0.3, -0.25) is 0 Å². The van der Waals surface area contributed by atoms with Crippen molar-refractivity contribution in [3.63, 3.8) is 0 Å². The molecule has 1 aromatic carbocycles. The third-order valence-electron chi connectivity index (χ3n) is 3.06. The highest BCUT2D eigenvalue weighted by Gasteiger charge is 2.14. The van der Waals surface area contributed by atoms with Crippen LogP contribution >= 0.6 is 0 Å². The molecular weight excluding hydrogens is 226 g/mol. The first-order valence-corrected chi connectivity index (χ1v) is 6.65. The molecule has 1 aromatic rings. The number of aromatic hydroxyl groups is 1. The first-order chi connectivity index (χ1) is 8.49. The predicted octanol–water partition coefficient (Wildman–Crippen LogP) is 2.18. The van der Waals surface area contributed by atoms with E-state index < -0.39 is 0 Å². The van der Waals surface area contributed by atoms with Crippen LogP contribution in [-0.4, -0.2) is 29.4 Å². The number of benzene rings is 1. The quantitative estimate of drug-likeness (QED) is 0.696. The van der Waals surface area contributed by atoms with Gasteiger partial charge in [-0.25, -0.2) is 0 Å². The monoisotopic (exact) mass is 251 g/mol. The molecule has 3 N–H and O–H groups in total. The maximum absolute atomic E-state index is 10.0. The summed E-state index contributed by atoms with van der Waals surface area (Å²) in [6.07, 6.45) is 0.489. The van der Waals surface area contributed by atoms with Gasteiger partial charge in [-0.2, -0.15) is 0 Å². The molecule has 3 nitrogen and oxygen atoms in total. The lowest BCUT2D eigenvalue weighted by molar-refractivity contribution is 0.114. The lowest BCUT2D eigenvalue weighted by atomic mass is 9.95. The van der Waals surface area contributed by atoms with Crippen LogP contribution in [0.15, 0.2) is 24.3 Å². The lowest BCUT2D eigenvalue weighted by Gasteiger charge is -2.20. The van der Waals surface area contributed by atoms with E-state index in [1.165, 1.54) is 0 Å². The summed E-state index contributed by atoms with van der Waals surface area (Å²) in [4.78, 5) is 0. The Kier molecular flexibility index (Phi) is 6.16. The van der Waals surface area contributed by atoms with Crippen molar-refractivity contribution in [2.75, 3.05) is 13.1 Å². The van der Waals surface area contributed by atoms with E-state index in [2.05, 4.69) is 26.1 Å². The molecule has 18 heavy (non-hydrogen) atoms. The molecule has 102 valence electrons. The molecule has 0 fully saturated rings. The molecule has 0 bridgehead atoms. The summed E-state index contributed by atoms with van der Waals surface area (Å²) in [5.74, 6) is 1.09. The first kappa shape index (κ1) is 15.0. The van der Waals surface area contributed by atoms with Crippen molar-refractivity contribution >= 4 is 0 Å². The Balaban J connectivity index is 2.35. The summed E-state index contributed by atoms with van der Waals surface area (Å²) in [7, 11) is 0. The average molecular weight is 251 g/mol. The Hall–Kier alpha value is -1.06. The van der Waals surface area contributed by atoms with Crippen molar-refractivity contribution < 1.29 is 10.2 Å². The van der Waals surface area contributed by atoms with Crippen molar-refractivity contribution in [3.05, 3.63) is 29.8 Å². The van der Waals surface area contributed by atoms with Gasteiger partial charge < -0.3 is 15.5 Å². The number of phenols is 1. The predicted molar refractivity (Wildman–Crippen MR) is 74.7 cm³/mol. The summed E-state index contributed by atoms with van der Waals surface area (Å²) in [6.45, 7) is 7.92. The molecule has 3 heteroatoms. The van der Waals surface area contributed by atoms with E-state index in [1.54, 1.807) is 12.1 Å². The molecule has 0 saturated carbocycles. The van der Waals surface area contributed by atoms with Crippen LogP contribution in [0.25, 0.3) is 0 Å².